The molecule has 0 aromatic heterocycles. The summed E-state index contributed by atoms with van der Waals surface area (Å²) in [6.45, 7) is 2.56. The zero-order valence-corrected chi connectivity index (χ0v) is 17.0. The lowest BCUT2D eigenvalue weighted by Crippen LogP contribution is -2.64. The minimum Gasteiger partial charge on any atom is -0.508 e. The van der Waals surface area contributed by atoms with Gasteiger partial charge in [0.25, 0.3) is 0 Å². The fourth-order valence-corrected chi connectivity index (χ4v) is 6.70. The van der Waals surface area contributed by atoms with Crippen LogP contribution in [0.25, 0.3) is 0 Å². The number of para-hydroxylation sites is 1. The van der Waals surface area contributed by atoms with Crippen molar-refractivity contribution in [3.63, 3.8) is 0 Å². The molecule has 0 saturated heterocycles. The van der Waals surface area contributed by atoms with Crippen LogP contribution in [0.2, 0.25) is 0 Å². The maximum atomic E-state index is 12.3. The van der Waals surface area contributed by atoms with Crippen molar-refractivity contribution in [1.82, 2.24) is 5.32 Å². The summed E-state index contributed by atoms with van der Waals surface area (Å²) in [5, 5.41) is 36.9. The van der Waals surface area contributed by atoms with Gasteiger partial charge in [-0.1, -0.05) is 49.4 Å². The third kappa shape index (κ3) is 2.69. The van der Waals surface area contributed by atoms with Crippen molar-refractivity contribution in [3.8, 4) is 5.75 Å². The van der Waals surface area contributed by atoms with Crippen molar-refractivity contribution in [2.75, 3.05) is 0 Å². The Kier molecular flexibility index (Phi) is 4.50. The van der Waals surface area contributed by atoms with E-state index in [2.05, 4.69) is 36.5 Å². The highest BCUT2D eigenvalue weighted by atomic mass is 16.3. The largest absolute Gasteiger partial charge is 0.508 e. The summed E-state index contributed by atoms with van der Waals surface area (Å²) in [5.74, 6) is 0.745. The normalized spacial score (nSPS) is 38.2. The maximum Gasteiger partial charge on any atom is 0.120 e. The number of rotatable bonds is 3. The van der Waals surface area contributed by atoms with Crippen LogP contribution >= 0.6 is 0 Å². The van der Waals surface area contributed by atoms with Crippen LogP contribution in [0.1, 0.15) is 55.2 Å². The molecular formula is C25H31NO3. The van der Waals surface area contributed by atoms with Gasteiger partial charge < -0.3 is 20.6 Å². The molecule has 4 nitrogen and oxygen atoms in total. The van der Waals surface area contributed by atoms with Gasteiger partial charge in [0, 0.05) is 23.6 Å². The Balaban J connectivity index is 1.48. The van der Waals surface area contributed by atoms with E-state index >= 15 is 0 Å². The molecule has 0 amide bonds. The van der Waals surface area contributed by atoms with E-state index < -0.39 is 17.1 Å². The van der Waals surface area contributed by atoms with Gasteiger partial charge in [-0.2, -0.15) is 0 Å². The molecule has 29 heavy (non-hydrogen) atoms. The van der Waals surface area contributed by atoms with Crippen LogP contribution in [-0.2, 0) is 13.0 Å². The van der Waals surface area contributed by atoms with Crippen LogP contribution in [0, 0.1) is 11.3 Å². The summed E-state index contributed by atoms with van der Waals surface area (Å²) < 4.78 is 0. The van der Waals surface area contributed by atoms with Gasteiger partial charge in [-0.25, -0.2) is 0 Å². The number of aliphatic hydroxyl groups is 2. The number of phenolic OH excluding ortho intramolecular Hbond substituents is 1. The van der Waals surface area contributed by atoms with Crippen molar-refractivity contribution in [2.24, 2.45) is 11.3 Å². The highest BCUT2D eigenvalue weighted by Gasteiger charge is 2.68. The highest BCUT2D eigenvalue weighted by Crippen LogP contribution is 2.63. The molecule has 0 radical (unpaired) electrons. The number of hydrogen-bond acceptors (Lipinski definition) is 4. The number of fused-ring (bicyclic) bond motifs is 5. The van der Waals surface area contributed by atoms with Gasteiger partial charge in [0.05, 0.1) is 11.7 Å². The molecule has 3 aliphatic carbocycles. The van der Waals surface area contributed by atoms with E-state index in [0.717, 1.165) is 31.2 Å². The highest BCUT2D eigenvalue weighted by molar-refractivity contribution is 5.37. The lowest BCUT2D eigenvalue weighted by Gasteiger charge is -2.57. The van der Waals surface area contributed by atoms with Crippen molar-refractivity contribution < 1.29 is 15.3 Å². The Bertz CT molecular complexity index is 914. The van der Waals surface area contributed by atoms with Crippen LogP contribution in [0.15, 0.2) is 48.5 Å². The molecule has 2 aromatic carbocycles. The maximum absolute atomic E-state index is 12.3. The van der Waals surface area contributed by atoms with Crippen LogP contribution in [0.5, 0.6) is 5.75 Å². The molecule has 2 saturated carbocycles. The zero-order valence-electron chi connectivity index (χ0n) is 17.0. The van der Waals surface area contributed by atoms with Crippen molar-refractivity contribution in [1.29, 1.82) is 0 Å². The van der Waals surface area contributed by atoms with E-state index in [1.165, 1.54) is 11.1 Å². The summed E-state index contributed by atoms with van der Waals surface area (Å²) in [6.07, 6.45) is 3.81. The number of nitrogens with one attached hydrogen (secondary N) is 1. The lowest BCUT2D eigenvalue weighted by molar-refractivity contribution is -0.172. The van der Waals surface area contributed by atoms with E-state index in [-0.39, 0.29) is 17.7 Å². The predicted molar refractivity (Wildman–Crippen MR) is 113 cm³/mol. The number of aliphatic hydroxyl groups excluding tert-OH is 1. The fraction of sp³-hybridized carbons (Fsp3) is 0.520. The average molecular weight is 394 g/mol. The molecule has 0 aliphatic heterocycles. The predicted octanol–water partition coefficient (Wildman–Crippen LogP) is 3.49. The molecule has 2 fully saturated rings. The lowest BCUT2D eigenvalue weighted by atomic mass is 9.52. The van der Waals surface area contributed by atoms with Gasteiger partial charge in [0.2, 0.25) is 0 Å². The number of aryl methyl sites for hydroxylation is 1. The van der Waals surface area contributed by atoms with Gasteiger partial charge in [0.1, 0.15) is 5.75 Å². The molecule has 0 bridgehead atoms. The number of hydrogen-bond donors (Lipinski definition) is 4. The molecule has 2 aromatic rings. The smallest absolute Gasteiger partial charge is 0.120 e. The molecule has 4 N–H and O–H groups in total. The van der Waals surface area contributed by atoms with Gasteiger partial charge in [-0.15, -0.1) is 0 Å². The minimum absolute atomic E-state index is 0.134. The fourth-order valence-electron chi connectivity index (χ4n) is 6.70. The second-order valence-electron chi connectivity index (χ2n) is 9.55. The van der Waals surface area contributed by atoms with Gasteiger partial charge in [0.15, 0.2) is 0 Å². The molecular weight excluding hydrogens is 362 g/mol. The first kappa shape index (κ1) is 19.1. The zero-order chi connectivity index (χ0) is 20.2. The number of aromatic hydroxyl groups is 1. The van der Waals surface area contributed by atoms with Crippen molar-refractivity contribution >= 4 is 0 Å². The van der Waals surface area contributed by atoms with Gasteiger partial charge in [-0.05, 0) is 61.1 Å². The summed E-state index contributed by atoms with van der Waals surface area (Å²) in [6, 6.07) is 15.8. The Morgan fingerprint density at radius 2 is 1.83 bits per heavy atom. The molecule has 0 heterocycles. The van der Waals surface area contributed by atoms with Crippen LogP contribution < -0.4 is 5.32 Å². The SMILES string of the molecule is C[C@]12CC[C@@H]3c4ccccc4CC[C@H]3[C@@]1(O)[C@@H](NCc1ccccc1O)C[C@@H]2O. The Morgan fingerprint density at radius 1 is 1.07 bits per heavy atom. The Hall–Kier alpha value is -1.88. The summed E-state index contributed by atoms with van der Waals surface area (Å²) in [7, 11) is 0. The molecule has 6 atom stereocenters. The molecule has 0 spiro atoms. The first-order valence-corrected chi connectivity index (χ1v) is 10.9. The van der Waals surface area contributed by atoms with E-state index in [1.807, 2.05) is 18.2 Å². The molecule has 5 rings (SSSR count). The molecule has 0 unspecified atom stereocenters. The summed E-state index contributed by atoms with van der Waals surface area (Å²) in [4.78, 5) is 0. The van der Waals surface area contributed by atoms with E-state index in [1.54, 1.807) is 6.07 Å². The van der Waals surface area contributed by atoms with Crippen LogP contribution in [0.3, 0.4) is 0 Å². The van der Waals surface area contributed by atoms with Gasteiger partial charge >= 0.3 is 0 Å². The van der Waals surface area contributed by atoms with E-state index in [0.29, 0.717) is 18.9 Å². The standard InChI is InChI=1S/C25H31NO3/c1-24-13-12-19-18-8-4-2-6-16(18)10-11-20(19)25(24,29)22(14-23(24)28)26-15-17-7-3-5-9-21(17)27/h2-9,19-20,22-23,26-29H,10-15H2,1H3/t19-,20-,22+,23+,24-,25-/m1/s1. The molecule has 3 aliphatic rings. The van der Waals surface area contributed by atoms with Crippen molar-refractivity contribution in [2.45, 2.75) is 69.2 Å². The van der Waals surface area contributed by atoms with Crippen LogP contribution in [-0.4, -0.2) is 33.1 Å². The first-order chi connectivity index (χ1) is 13.9. The second kappa shape index (κ2) is 6.83. The minimum atomic E-state index is -0.965. The summed E-state index contributed by atoms with van der Waals surface area (Å²) in [5.41, 5.74) is 2.16. The molecule has 154 valence electrons. The summed E-state index contributed by atoms with van der Waals surface area (Å²) >= 11 is 0. The molecule has 4 heteroatoms. The van der Waals surface area contributed by atoms with Crippen LogP contribution in [0.4, 0.5) is 0 Å². The third-order valence-electron chi connectivity index (χ3n) is 8.38. The third-order valence-corrected chi connectivity index (χ3v) is 8.38. The van der Waals surface area contributed by atoms with E-state index in [4.69, 9.17) is 0 Å². The van der Waals surface area contributed by atoms with Crippen molar-refractivity contribution in [3.05, 3.63) is 65.2 Å². The van der Waals surface area contributed by atoms with Gasteiger partial charge in [-0.3, -0.25) is 0 Å². The number of benzene rings is 2. The average Bonchev–Trinajstić information content (AvgIpc) is 2.94. The second-order valence-corrected chi connectivity index (χ2v) is 9.55. The monoisotopic (exact) mass is 393 g/mol. The topological polar surface area (TPSA) is 72.7 Å². The Morgan fingerprint density at radius 3 is 2.66 bits per heavy atom. The Labute approximate surface area is 172 Å². The number of phenols is 1. The first-order valence-electron chi connectivity index (χ1n) is 10.9. The van der Waals surface area contributed by atoms with E-state index in [9.17, 15) is 15.3 Å². The quantitative estimate of drug-likeness (QED) is 0.644.